The van der Waals surface area contributed by atoms with Gasteiger partial charge in [0.2, 0.25) is 5.91 Å². The summed E-state index contributed by atoms with van der Waals surface area (Å²) in [6, 6.07) is 13.0. The van der Waals surface area contributed by atoms with Gasteiger partial charge in [-0.1, -0.05) is 18.1 Å². The van der Waals surface area contributed by atoms with Crippen molar-refractivity contribution in [3.63, 3.8) is 0 Å². The lowest BCUT2D eigenvalue weighted by Crippen LogP contribution is -2.25. The number of carbonyl (C=O) groups excluding carboxylic acids is 1. The minimum Gasteiger partial charge on any atom is -0.497 e. The van der Waals surface area contributed by atoms with Gasteiger partial charge in [0.05, 0.1) is 25.6 Å². The number of nitrogens with zero attached hydrogens (tertiary/aromatic N) is 2. The highest BCUT2D eigenvalue weighted by molar-refractivity contribution is 5.94. The first-order valence-corrected chi connectivity index (χ1v) is 9.40. The normalized spacial score (nSPS) is 15.0. The van der Waals surface area contributed by atoms with Crippen LogP contribution in [0.1, 0.15) is 23.6 Å². The number of fused-ring (bicyclic) bond motifs is 1. The third-order valence-corrected chi connectivity index (χ3v) is 5.02. The number of carbonyl (C=O) groups is 1. The van der Waals surface area contributed by atoms with E-state index in [9.17, 15) is 4.79 Å². The van der Waals surface area contributed by atoms with Gasteiger partial charge in [0.25, 0.3) is 0 Å². The lowest BCUT2D eigenvalue weighted by molar-refractivity contribution is -0.116. The van der Waals surface area contributed by atoms with E-state index in [1.807, 2.05) is 47.0 Å². The second-order valence-electron chi connectivity index (χ2n) is 6.75. The molecular weight excluding hydrogens is 382 g/mol. The smallest absolute Gasteiger partial charge is 0.226 e. The molecule has 1 amide bonds. The Morgan fingerprint density at radius 3 is 2.63 bits per heavy atom. The quantitative estimate of drug-likeness (QED) is 0.639. The number of amides is 1. The molecule has 4 rings (SSSR count). The number of methoxy groups -OCH3 is 2. The van der Waals surface area contributed by atoms with E-state index in [1.54, 1.807) is 20.5 Å². The van der Waals surface area contributed by atoms with Gasteiger partial charge in [-0.05, 0) is 29.8 Å². The Labute approximate surface area is 174 Å². The maximum Gasteiger partial charge on any atom is 0.226 e. The summed E-state index contributed by atoms with van der Waals surface area (Å²) in [5, 5.41) is 2.95. The Kier molecular flexibility index (Phi) is 5.31. The Morgan fingerprint density at radius 1 is 1.17 bits per heavy atom. The average molecular weight is 403 g/mol. The molecule has 1 N–H and O–H groups in total. The molecule has 0 aliphatic carbocycles. The summed E-state index contributed by atoms with van der Waals surface area (Å²) in [7, 11) is 3.20. The third kappa shape index (κ3) is 3.55. The Hall–Kier alpha value is -3.92. The molecule has 0 saturated carbocycles. The fraction of sp³-hybridized carbons (Fsp3) is 0.217. The second-order valence-corrected chi connectivity index (χ2v) is 6.75. The molecule has 0 saturated heterocycles. The molecule has 3 aromatic rings. The molecule has 1 aromatic heterocycles. The summed E-state index contributed by atoms with van der Waals surface area (Å²) >= 11 is 0. The Balaban J connectivity index is 1.74. The largest absolute Gasteiger partial charge is 0.497 e. The molecule has 2 heterocycles. The number of nitrogens with one attached hydrogen (secondary N) is 1. The second kappa shape index (κ2) is 8.21. The van der Waals surface area contributed by atoms with Crippen molar-refractivity contribution in [2.75, 3.05) is 26.1 Å². The predicted molar refractivity (Wildman–Crippen MR) is 113 cm³/mol. The fourth-order valence-electron chi connectivity index (χ4n) is 3.57. The van der Waals surface area contributed by atoms with Crippen LogP contribution in [0.2, 0.25) is 0 Å². The van der Waals surface area contributed by atoms with Crippen molar-refractivity contribution in [2.45, 2.75) is 12.3 Å². The summed E-state index contributed by atoms with van der Waals surface area (Å²) in [6.45, 7) is 0.210. The number of aromatic nitrogens is 2. The van der Waals surface area contributed by atoms with E-state index in [4.69, 9.17) is 20.6 Å². The SMILES string of the molecule is C#CCOc1ccc(C2CC(=O)Nc3c2ncn3-c2cc(OC)ccc2OC)cc1. The number of imidazole rings is 1. The van der Waals surface area contributed by atoms with Crippen molar-refractivity contribution in [3.05, 3.63) is 60.0 Å². The van der Waals surface area contributed by atoms with Crippen LogP contribution in [-0.2, 0) is 4.79 Å². The van der Waals surface area contributed by atoms with Crippen LogP contribution in [0.3, 0.4) is 0 Å². The first-order chi connectivity index (χ1) is 14.6. The van der Waals surface area contributed by atoms with E-state index in [-0.39, 0.29) is 18.4 Å². The van der Waals surface area contributed by atoms with Gasteiger partial charge in [-0.25, -0.2) is 4.98 Å². The highest BCUT2D eigenvalue weighted by Gasteiger charge is 2.31. The van der Waals surface area contributed by atoms with Gasteiger partial charge in [0.15, 0.2) is 0 Å². The van der Waals surface area contributed by atoms with Gasteiger partial charge in [-0.15, -0.1) is 6.42 Å². The zero-order valence-corrected chi connectivity index (χ0v) is 16.7. The van der Waals surface area contributed by atoms with Crippen LogP contribution in [-0.4, -0.2) is 36.3 Å². The van der Waals surface area contributed by atoms with E-state index in [1.165, 1.54) is 0 Å². The van der Waals surface area contributed by atoms with Crippen molar-refractivity contribution in [1.82, 2.24) is 9.55 Å². The van der Waals surface area contributed by atoms with Crippen LogP contribution in [0, 0.1) is 12.3 Å². The van der Waals surface area contributed by atoms with E-state index in [0.29, 0.717) is 29.5 Å². The fourth-order valence-corrected chi connectivity index (χ4v) is 3.57. The highest BCUT2D eigenvalue weighted by atomic mass is 16.5. The van der Waals surface area contributed by atoms with Crippen LogP contribution >= 0.6 is 0 Å². The van der Waals surface area contributed by atoms with Crippen molar-refractivity contribution < 1.29 is 19.0 Å². The lowest BCUT2D eigenvalue weighted by atomic mass is 9.90. The maximum absolute atomic E-state index is 12.5. The van der Waals surface area contributed by atoms with Crippen LogP contribution in [0.15, 0.2) is 48.8 Å². The number of terminal acetylenes is 1. The van der Waals surface area contributed by atoms with E-state index < -0.39 is 0 Å². The summed E-state index contributed by atoms with van der Waals surface area (Å²) < 4.78 is 18.1. The molecule has 0 bridgehead atoms. The minimum atomic E-state index is -0.173. The van der Waals surface area contributed by atoms with Crippen LogP contribution in [0.25, 0.3) is 5.69 Å². The number of rotatable bonds is 6. The zero-order chi connectivity index (χ0) is 21.1. The van der Waals surface area contributed by atoms with Gasteiger partial charge in [-0.2, -0.15) is 0 Å². The van der Waals surface area contributed by atoms with Gasteiger partial charge in [-0.3, -0.25) is 9.36 Å². The molecule has 7 nitrogen and oxygen atoms in total. The number of anilines is 1. The van der Waals surface area contributed by atoms with Crippen LogP contribution in [0.4, 0.5) is 5.82 Å². The third-order valence-electron chi connectivity index (χ3n) is 5.02. The molecule has 30 heavy (non-hydrogen) atoms. The molecular formula is C23H21N3O4. The van der Waals surface area contributed by atoms with E-state index in [2.05, 4.69) is 16.2 Å². The highest BCUT2D eigenvalue weighted by Crippen LogP contribution is 2.39. The Bertz CT molecular complexity index is 1110. The first kappa shape index (κ1) is 19.4. The number of benzene rings is 2. The van der Waals surface area contributed by atoms with Crippen LogP contribution in [0.5, 0.6) is 17.2 Å². The van der Waals surface area contributed by atoms with Crippen molar-refractivity contribution in [3.8, 4) is 35.3 Å². The van der Waals surface area contributed by atoms with Crippen molar-refractivity contribution in [2.24, 2.45) is 0 Å². The molecule has 1 atom stereocenters. The number of ether oxygens (including phenoxy) is 3. The Morgan fingerprint density at radius 2 is 1.93 bits per heavy atom. The molecule has 1 aliphatic heterocycles. The van der Waals surface area contributed by atoms with E-state index >= 15 is 0 Å². The minimum absolute atomic E-state index is 0.0798. The summed E-state index contributed by atoms with van der Waals surface area (Å²) in [4.78, 5) is 17.1. The first-order valence-electron chi connectivity index (χ1n) is 9.40. The summed E-state index contributed by atoms with van der Waals surface area (Å²) in [6.07, 6.45) is 7.23. The average Bonchev–Trinajstić information content (AvgIpc) is 3.20. The van der Waals surface area contributed by atoms with Crippen molar-refractivity contribution >= 4 is 11.7 Å². The number of hydrogen-bond acceptors (Lipinski definition) is 5. The van der Waals surface area contributed by atoms with Gasteiger partial charge in [0.1, 0.15) is 36.0 Å². The molecule has 1 unspecified atom stereocenters. The molecule has 152 valence electrons. The standard InChI is InChI=1S/C23H21N3O4/c1-4-11-30-16-7-5-15(6-8-16)18-13-21(27)25-23-22(18)24-14-26(23)19-12-17(28-2)9-10-20(19)29-3/h1,5-10,12,14,18H,11,13H2,2-3H3,(H,25,27). The molecule has 1 aliphatic rings. The predicted octanol–water partition coefficient (Wildman–Crippen LogP) is 3.38. The summed E-state index contributed by atoms with van der Waals surface area (Å²) in [5.74, 6) is 4.81. The van der Waals surface area contributed by atoms with Gasteiger partial charge in [0, 0.05) is 18.4 Å². The van der Waals surface area contributed by atoms with Crippen LogP contribution < -0.4 is 19.5 Å². The van der Waals surface area contributed by atoms with Crippen molar-refractivity contribution in [1.29, 1.82) is 0 Å². The van der Waals surface area contributed by atoms with Gasteiger partial charge >= 0.3 is 0 Å². The number of hydrogen-bond donors (Lipinski definition) is 1. The topological polar surface area (TPSA) is 74.6 Å². The molecule has 0 fully saturated rings. The van der Waals surface area contributed by atoms with Gasteiger partial charge < -0.3 is 19.5 Å². The monoisotopic (exact) mass is 403 g/mol. The maximum atomic E-state index is 12.5. The lowest BCUT2D eigenvalue weighted by Gasteiger charge is -2.24. The summed E-state index contributed by atoms with van der Waals surface area (Å²) in [5.41, 5.74) is 2.49. The molecule has 0 spiro atoms. The molecule has 7 heteroatoms. The molecule has 2 aromatic carbocycles. The van der Waals surface area contributed by atoms with E-state index in [0.717, 1.165) is 16.9 Å². The zero-order valence-electron chi connectivity index (χ0n) is 16.7. The molecule has 0 radical (unpaired) electrons.